The van der Waals surface area contributed by atoms with E-state index in [9.17, 15) is 4.79 Å². The van der Waals surface area contributed by atoms with Gasteiger partial charge in [0.05, 0.1) is 5.56 Å². The normalized spacial score (nSPS) is 10.3. The van der Waals surface area contributed by atoms with Gasteiger partial charge < -0.3 is 10.6 Å². The molecule has 0 saturated heterocycles. The number of halogens is 1. The van der Waals surface area contributed by atoms with Crippen LogP contribution < -0.4 is 10.6 Å². The third-order valence-corrected chi connectivity index (χ3v) is 3.64. The predicted molar refractivity (Wildman–Crippen MR) is 85.9 cm³/mol. The lowest BCUT2D eigenvalue weighted by Gasteiger charge is -2.12. The summed E-state index contributed by atoms with van der Waals surface area (Å²) in [6.45, 7) is 3.69. The van der Waals surface area contributed by atoms with Gasteiger partial charge in [0.15, 0.2) is 0 Å². The van der Waals surface area contributed by atoms with Gasteiger partial charge >= 0.3 is 0 Å². The summed E-state index contributed by atoms with van der Waals surface area (Å²) < 4.78 is 0.793. The molecule has 0 aliphatic heterocycles. The average molecular weight is 333 g/mol. The number of anilines is 1. The minimum Gasteiger partial charge on any atom is -0.322 e. The Morgan fingerprint density at radius 1 is 1.10 bits per heavy atom. The highest BCUT2D eigenvalue weighted by Gasteiger charge is 2.11. The predicted octanol–water partition coefficient (Wildman–Crippen LogP) is 3.81. The van der Waals surface area contributed by atoms with Gasteiger partial charge in [-0.05, 0) is 46.2 Å². The fourth-order valence-corrected chi connectivity index (χ4v) is 2.36. The second-order valence-corrected chi connectivity index (χ2v) is 5.23. The lowest BCUT2D eigenvalue weighted by Crippen LogP contribution is -2.17. The lowest BCUT2D eigenvalue weighted by atomic mass is 10.1. The van der Waals surface area contributed by atoms with Gasteiger partial charge in [-0.3, -0.25) is 4.79 Å². The number of nitrogens with one attached hydrogen (secondary N) is 2. The van der Waals surface area contributed by atoms with Crippen molar-refractivity contribution in [1.29, 1.82) is 0 Å². The van der Waals surface area contributed by atoms with Crippen LogP contribution in [0.25, 0.3) is 0 Å². The molecule has 0 unspecified atom stereocenters. The van der Waals surface area contributed by atoms with Crippen molar-refractivity contribution in [3.63, 3.8) is 0 Å². The highest BCUT2D eigenvalue weighted by Crippen LogP contribution is 2.20. The number of hydrogen-bond donors (Lipinski definition) is 2. The van der Waals surface area contributed by atoms with Crippen LogP contribution >= 0.6 is 15.9 Å². The highest BCUT2D eigenvalue weighted by atomic mass is 79.9. The van der Waals surface area contributed by atoms with Crippen molar-refractivity contribution in [3.05, 3.63) is 64.1 Å². The van der Waals surface area contributed by atoms with E-state index in [2.05, 4.69) is 33.5 Å². The van der Waals surface area contributed by atoms with Gasteiger partial charge in [0.2, 0.25) is 0 Å². The van der Waals surface area contributed by atoms with E-state index in [-0.39, 0.29) is 5.91 Å². The van der Waals surface area contributed by atoms with Crippen LogP contribution in [0.15, 0.2) is 53.0 Å². The summed E-state index contributed by atoms with van der Waals surface area (Å²) in [4.78, 5) is 12.3. The molecule has 3 nitrogen and oxygen atoms in total. The van der Waals surface area contributed by atoms with E-state index in [4.69, 9.17) is 0 Å². The van der Waals surface area contributed by atoms with Crippen molar-refractivity contribution in [2.24, 2.45) is 0 Å². The van der Waals surface area contributed by atoms with Crippen LogP contribution in [0.1, 0.15) is 22.8 Å². The van der Waals surface area contributed by atoms with Crippen molar-refractivity contribution >= 4 is 27.5 Å². The maximum atomic E-state index is 12.3. The zero-order valence-corrected chi connectivity index (χ0v) is 12.9. The molecular formula is C16H17BrN2O. The molecule has 0 aliphatic carbocycles. The molecule has 0 saturated carbocycles. The van der Waals surface area contributed by atoms with E-state index < -0.39 is 0 Å². The second-order valence-electron chi connectivity index (χ2n) is 4.37. The van der Waals surface area contributed by atoms with Crippen molar-refractivity contribution in [3.8, 4) is 0 Å². The summed E-state index contributed by atoms with van der Waals surface area (Å²) in [5.41, 5.74) is 2.55. The van der Waals surface area contributed by atoms with E-state index in [1.807, 2.05) is 42.5 Å². The minimum absolute atomic E-state index is 0.110. The van der Waals surface area contributed by atoms with E-state index >= 15 is 0 Å². The van der Waals surface area contributed by atoms with Crippen LogP contribution in [0.4, 0.5) is 5.69 Å². The van der Waals surface area contributed by atoms with Crippen LogP contribution in [0.2, 0.25) is 0 Å². The van der Waals surface area contributed by atoms with E-state index in [0.29, 0.717) is 5.56 Å². The zero-order valence-electron chi connectivity index (χ0n) is 11.3. The van der Waals surface area contributed by atoms with Crippen LogP contribution in [0.5, 0.6) is 0 Å². The first-order valence-electron chi connectivity index (χ1n) is 6.57. The molecule has 0 aliphatic rings. The van der Waals surface area contributed by atoms with Gasteiger partial charge in [0.1, 0.15) is 0 Å². The number of amides is 1. The van der Waals surface area contributed by atoms with E-state index in [1.165, 1.54) is 0 Å². The van der Waals surface area contributed by atoms with Crippen molar-refractivity contribution in [2.75, 3.05) is 11.9 Å². The Hall–Kier alpha value is -1.65. The summed E-state index contributed by atoms with van der Waals surface area (Å²) in [5.74, 6) is -0.110. The Balaban J connectivity index is 2.18. The Kier molecular flexibility index (Phi) is 5.32. The summed E-state index contributed by atoms with van der Waals surface area (Å²) in [7, 11) is 0. The van der Waals surface area contributed by atoms with Crippen molar-refractivity contribution in [2.45, 2.75) is 13.5 Å². The lowest BCUT2D eigenvalue weighted by molar-refractivity contribution is 0.102. The van der Waals surface area contributed by atoms with Crippen LogP contribution in [-0.4, -0.2) is 12.5 Å². The van der Waals surface area contributed by atoms with Gasteiger partial charge in [-0.15, -0.1) is 0 Å². The quantitative estimate of drug-likeness (QED) is 0.874. The van der Waals surface area contributed by atoms with Crippen LogP contribution in [0.3, 0.4) is 0 Å². The van der Waals surface area contributed by atoms with Crippen molar-refractivity contribution < 1.29 is 4.79 Å². The minimum atomic E-state index is -0.110. The monoisotopic (exact) mass is 332 g/mol. The van der Waals surface area contributed by atoms with Crippen LogP contribution in [0, 0.1) is 0 Å². The van der Waals surface area contributed by atoms with Crippen LogP contribution in [-0.2, 0) is 6.54 Å². The molecule has 0 heterocycles. The van der Waals surface area contributed by atoms with E-state index in [1.54, 1.807) is 6.07 Å². The number of rotatable bonds is 5. The first kappa shape index (κ1) is 14.8. The first-order valence-corrected chi connectivity index (χ1v) is 7.36. The number of hydrogen-bond acceptors (Lipinski definition) is 2. The third-order valence-electron chi connectivity index (χ3n) is 2.95. The Bertz CT molecular complexity index is 599. The molecule has 4 heteroatoms. The summed E-state index contributed by atoms with van der Waals surface area (Å²) >= 11 is 3.40. The molecule has 0 bridgehead atoms. The highest BCUT2D eigenvalue weighted by molar-refractivity contribution is 9.10. The molecule has 0 atom stereocenters. The largest absolute Gasteiger partial charge is 0.322 e. The van der Waals surface area contributed by atoms with Gasteiger partial charge in [0.25, 0.3) is 5.91 Å². The molecule has 0 spiro atoms. The van der Waals surface area contributed by atoms with Gasteiger partial charge in [-0.2, -0.15) is 0 Å². The number of para-hydroxylation sites is 1. The molecule has 0 fully saturated rings. The molecule has 1 amide bonds. The summed E-state index contributed by atoms with van der Waals surface area (Å²) in [5, 5.41) is 6.24. The standard InChI is InChI=1S/C16H17BrN2O/c1-2-18-11-12-7-3-6-10-15(12)19-16(20)13-8-4-5-9-14(13)17/h3-10,18H,2,11H2,1H3,(H,19,20). The Labute approximate surface area is 127 Å². The fourth-order valence-electron chi connectivity index (χ4n) is 1.89. The summed E-state index contributed by atoms with van der Waals surface area (Å²) in [6, 6.07) is 15.2. The molecular weight excluding hydrogens is 316 g/mol. The molecule has 2 rings (SSSR count). The summed E-state index contributed by atoms with van der Waals surface area (Å²) in [6.07, 6.45) is 0. The maximum absolute atomic E-state index is 12.3. The molecule has 2 N–H and O–H groups in total. The number of carbonyl (C=O) groups is 1. The molecule has 20 heavy (non-hydrogen) atoms. The molecule has 0 aromatic heterocycles. The van der Waals surface area contributed by atoms with Gasteiger partial charge in [-0.1, -0.05) is 37.3 Å². The zero-order chi connectivity index (χ0) is 14.4. The third kappa shape index (κ3) is 3.68. The maximum Gasteiger partial charge on any atom is 0.256 e. The first-order chi connectivity index (χ1) is 9.72. The fraction of sp³-hybridized carbons (Fsp3) is 0.188. The Morgan fingerprint density at radius 3 is 2.55 bits per heavy atom. The Morgan fingerprint density at radius 2 is 1.80 bits per heavy atom. The number of carbonyl (C=O) groups excluding carboxylic acids is 1. The molecule has 104 valence electrons. The SMILES string of the molecule is CCNCc1ccccc1NC(=O)c1ccccc1Br. The van der Waals surface area contributed by atoms with E-state index in [0.717, 1.165) is 28.8 Å². The topological polar surface area (TPSA) is 41.1 Å². The molecule has 2 aromatic rings. The number of benzene rings is 2. The molecule has 2 aromatic carbocycles. The average Bonchev–Trinajstić information content (AvgIpc) is 2.46. The second kappa shape index (κ2) is 7.22. The smallest absolute Gasteiger partial charge is 0.256 e. The van der Waals surface area contributed by atoms with Gasteiger partial charge in [-0.25, -0.2) is 0 Å². The van der Waals surface area contributed by atoms with Gasteiger partial charge in [0, 0.05) is 16.7 Å². The van der Waals surface area contributed by atoms with Crippen molar-refractivity contribution in [1.82, 2.24) is 5.32 Å². The molecule has 0 radical (unpaired) electrons.